The van der Waals surface area contributed by atoms with E-state index in [1.165, 1.54) is 23.5 Å². The van der Waals surface area contributed by atoms with Crippen molar-refractivity contribution >= 4 is 44.5 Å². The van der Waals surface area contributed by atoms with Crippen LogP contribution in [0.25, 0.3) is 0 Å². The SMILES string of the molecule is CCOc1ccc(NC(=O)c2csc(Br)c2)c([N+](=O)[O-])c1. The molecule has 0 unspecified atom stereocenters. The van der Waals surface area contributed by atoms with Crippen LogP contribution >= 0.6 is 27.3 Å². The second-order valence-electron chi connectivity index (χ2n) is 3.96. The molecule has 1 aromatic carbocycles. The number of carbonyl (C=O) groups excluding carboxylic acids is 1. The van der Waals surface area contributed by atoms with Crippen LogP contribution in [0.3, 0.4) is 0 Å². The average Bonchev–Trinajstić information content (AvgIpc) is 2.87. The lowest BCUT2D eigenvalue weighted by molar-refractivity contribution is -0.384. The lowest BCUT2D eigenvalue weighted by Gasteiger charge is -2.07. The van der Waals surface area contributed by atoms with Gasteiger partial charge in [0.15, 0.2) is 0 Å². The summed E-state index contributed by atoms with van der Waals surface area (Å²) in [5.74, 6) is -0.00955. The van der Waals surface area contributed by atoms with Gasteiger partial charge in [0.1, 0.15) is 11.4 Å². The minimum Gasteiger partial charge on any atom is -0.494 e. The smallest absolute Gasteiger partial charge is 0.296 e. The molecule has 0 aliphatic rings. The molecular formula is C13H11BrN2O4S. The Hall–Kier alpha value is -1.93. The number of nitrogens with zero attached hydrogens (tertiary/aromatic N) is 1. The molecule has 110 valence electrons. The maximum absolute atomic E-state index is 12.0. The zero-order valence-electron chi connectivity index (χ0n) is 11.0. The molecule has 0 spiro atoms. The summed E-state index contributed by atoms with van der Waals surface area (Å²) in [6.45, 7) is 2.20. The zero-order chi connectivity index (χ0) is 15.4. The van der Waals surface area contributed by atoms with E-state index >= 15 is 0 Å². The van der Waals surface area contributed by atoms with Gasteiger partial charge in [0.05, 0.1) is 26.9 Å². The van der Waals surface area contributed by atoms with Gasteiger partial charge in [0, 0.05) is 5.38 Å². The molecule has 0 bridgehead atoms. The van der Waals surface area contributed by atoms with Crippen molar-refractivity contribution in [3.05, 3.63) is 49.1 Å². The number of nitro groups is 1. The second-order valence-corrected chi connectivity index (χ2v) is 6.25. The Labute approximate surface area is 133 Å². The molecule has 1 aromatic heterocycles. The summed E-state index contributed by atoms with van der Waals surface area (Å²) in [7, 11) is 0. The van der Waals surface area contributed by atoms with Gasteiger partial charge < -0.3 is 10.1 Å². The summed E-state index contributed by atoms with van der Waals surface area (Å²) in [5, 5.41) is 15.3. The monoisotopic (exact) mass is 370 g/mol. The zero-order valence-corrected chi connectivity index (χ0v) is 13.4. The van der Waals surface area contributed by atoms with Gasteiger partial charge in [-0.25, -0.2) is 0 Å². The van der Waals surface area contributed by atoms with E-state index < -0.39 is 10.8 Å². The number of amides is 1. The van der Waals surface area contributed by atoms with Gasteiger partial charge in [-0.15, -0.1) is 11.3 Å². The predicted octanol–water partition coefficient (Wildman–Crippen LogP) is 4.07. The quantitative estimate of drug-likeness (QED) is 0.635. The first-order chi connectivity index (χ1) is 10.0. The molecule has 1 amide bonds. The Balaban J connectivity index is 2.26. The largest absolute Gasteiger partial charge is 0.494 e. The molecule has 0 atom stereocenters. The van der Waals surface area contributed by atoms with E-state index in [2.05, 4.69) is 21.2 Å². The number of nitrogens with one attached hydrogen (secondary N) is 1. The van der Waals surface area contributed by atoms with Crippen LogP contribution in [0, 0.1) is 10.1 Å². The third-order valence-electron chi connectivity index (χ3n) is 2.55. The Morgan fingerprint density at radius 1 is 1.48 bits per heavy atom. The fourth-order valence-electron chi connectivity index (χ4n) is 1.65. The molecule has 0 saturated heterocycles. The number of halogens is 1. The topological polar surface area (TPSA) is 81.5 Å². The van der Waals surface area contributed by atoms with Crippen LogP contribution in [0.4, 0.5) is 11.4 Å². The highest BCUT2D eigenvalue weighted by Gasteiger charge is 2.18. The number of hydrogen-bond acceptors (Lipinski definition) is 5. The average molecular weight is 371 g/mol. The Bertz CT molecular complexity index is 687. The van der Waals surface area contributed by atoms with E-state index in [9.17, 15) is 14.9 Å². The van der Waals surface area contributed by atoms with Crippen molar-refractivity contribution in [1.29, 1.82) is 0 Å². The highest BCUT2D eigenvalue weighted by Crippen LogP contribution is 2.30. The van der Waals surface area contributed by atoms with Crippen LogP contribution in [0.5, 0.6) is 5.75 Å². The van der Waals surface area contributed by atoms with Gasteiger partial charge in [-0.2, -0.15) is 0 Å². The number of carbonyl (C=O) groups is 1. The molecule has 0 aliphatic carbocycles. The molecule has 0 fully saturated rings. The standard InChI is InChI=1S/C13H11BrN2O4S/c1-2-20-9-3-4-10(11(6-9)16(18)19)15-13(17)8-5-12(14)21-7-8/h3-7H,2H2,1H3,(H,15,17). The van der Waals surface area contributed by atoms with Gasteiger partial charge in [-0.1, -0.05) is 0 Å². The van der Waals surface area contributed by atoms with Gasteiger partial charge in [0.25, 0.3) is 11.6 Å². The fourth-order valence-corrected chi connectivity index (χ4v) is 2.78. The molecule has 8 heteroatoms. The van der Waals surface area contributed by atoms with Crippen LogP contribution in [-0.2, 0) is 0 Å². The third kappa shape index (κ3) is 3.79. The normalized spacial score (nSPS) is 10.2. The van der Waals surface area contributed by atoms with Crippen LogP contribution in [0.1, 0.15) is 17.3 Å². The van der Waals surface area contributed by atoms with Crippen molar-refractivity contribution < 1.29 is 14.5 Å². The molecule has 1 N–H and O–H groups in total. The highest BCUT2D eigenvalue weighted by molar-refractivity contribution is 9.11. The number of ether oxygens (including phenoxy) is 1. The number of rotatable bonds is 5. The third-order valence-corrected chi connectivity index (χ3v) is 4.06. The molecular weight excluding hydrogens is 360 g/mol. The Morgan fingerprint density at radius 2 is 2.24 bits per heavy atom. The number of benzene rings is 1. The molecule has 6 nitrogen and oxygen atoms in total. The summed E-state index contributed by atoms with van der Waals surface area (Å²) in [6.07, 6.45) is 0. The van der Waals surface area contributed by atoms with E-state index in [-0.39, 0.29) is 11.4 Å². The van der Waals surface area contributed by atoms with Crippen LogP contribution in [-0.4, -0.2) is 17.4 Å². The molecule has 0 radical (unpaired) electrons. The van der Waals surface area contributed by atoms with Crippen molar-refractivity contribution in [1.82, 2.24) is 0 Å². The summed E-state index contributed by atoms with van der Waals surface area (Å²) < 4.78 is 6.04. The lowest BCUT2D eigenvalue weighted by atomic mass is 10.2. The number of nitro benzene ring substituents is 1. The van der Waals surface area contributed by atoms with Crippen molar-refractivity contribution in [3.8, 4) is 5.75 Å². The number of anilines is 1. The van der Waals surface area contributed by atoms with Crippen molar-refractivity contribution in [2.24, 2.45) is 0 Å². The van der Waals surface area contributed by atoms with E-state index in [0.29, 0.717) is 17.9 Å². The highest BCUT2D eigenvalue weighted by atomic mass is 79.9. The molecule has 1 heterocycles. The fraction of sp³-hybridized carbons (Fsp3) is 0.154. The summed E-state index contributed by atoms with van der Waals surface area (Å²) in [4.78, 5) is 22.6. The van der Waals surface area contributed by atoms with Gasteiger partial charge in [-0.05, 0) is 41.1 Å². The minimum absolute atomic E-state index is 0.135. The van der Waals surface area contributed by atoms with E-state index in [0.717, 1.165) is 3.79 Å². The Kier molecular flexibility index (Phi) is 4.92. The first-order valence-electron chi connectivity index (χ1n) is 5.98. The maximum Gasteiger partial charge on any atom is 0.296 e. The first kappa shape index (κ1) is 15.5. The number of hydrogen-bond donors (Lipinski definition) is 1. The molecule has 21 heavy (non-hydrogen) atoms. The van der Waals surface area contributed by atoms with E-state index in [4.69, 9.17) is 4.74 Å². The van der Waals surface area contributed by atoms with Gasteiger partial charge >= 0.3 is 0 Å². The Morgan fingerprint density at radius 3 is 2.81 bits per heavy atom. The van der Waals surface area contributed by atoms with E-state index in [1.54, 1.807) is 24.4 Å². The van der Waals surface area contributed by atoms with Gasteiger partial charge in [-0.3, -0.25) is 14.9 Å². The predicted molar refractivity (Wildman–Crippen MR) is 84.2 cm³/mol. The van der Waals surface area contributed by atoms with E-state index in [1.807, 2.05) is 0 Å². The van der Waals surface area contributed by atoms with Crippen molar-refractivity contribution in [3.63, 3.8) is 0 Å². The first-order valence-corrected chi connectivity index (χ1v) is 7.65. The molecule has 2 rings (SSSR count). The number of thiophene rings is 1. The van der Waals surface area contributed by atoms with Crippen molar-refractivity contribution in [2.75, 3.05) is 11.9 Å². The van der Waals surface area contributed by atoms with Crippen molar-refractivity contribution in [2.45, 2.75) is 6.92 Å². The summed E-state index contributed by atoms with van der Waals surface area (Å²) in [6, 6.07) is 5.99. The minimum atomic E-state index is -0.554. The van der Waals surface area contributed by atoms with Crippen LogP contribution in [0.2, 0.25) is 0 Å². The van der Waals surface area contributed by atoms with Crippen LogP contribution < -0.4 is 10.1 Å². The molecule has 2 aromatic rings. The summed E-state index contributed by atoms with van der Waals surface area (Å²) in [5.41, 5.74) is 0.370. The molecule has 0 aliphatic heterocycles. The van der Waals surface area contributed by atoms with Gasteiger partial charge in [0.2, 0.25) is 0 Å². The maximum atomic E-state index is 12.0. The van der Waals surface area contributed by atoms with Crippen LogP contribution in [0.15, 0.2) is 33.4 Å². The molecule has 0 saturated carbocycles. The second kappa shape index (κ2) is 6.68. The summed E-state index contributed by atoms with van der Waals surface area (Å²) >= 11 is 4.63. The lowest BCUT2D eigenvalue weighted by Crippen LogP contribution is -2.12.